The number of nitrogens with one attached hydrogen (secondary N) is 1. The maximum atomic E-state index is 4.59. The summed E-state index contributed by atoms with van der Waals surface area (Å²) in [5, 5.41) is 3.55. The van der Waals surface area contributed by atoms with Crippen LogP contribution in [-0.4, -0.2) is 22.6 Å². The second-order valence-electron chi connectivity index (χ2n) is 6.62. The molecule has 1 aliphatic rings. The topological polar surface area (TPSA) is 29.9 Å². The quantitative estimate of drug-likeness (QED) is 0.925. The van der Waals surface area contributed by atoms with Gasteiger partial charge >= 0.3 is 0 Å². The van der Waals surface area contributed by atoms with E-state index in [4.69, 9.17) is 0 Å². The van der Waals surface area contributed by atoms with Crippen LogP contribution >= 0.6 is 0 Å². The van der Waals surface area contributed by atoms with E-state index in [2.05, 4.69) is 47.9 Å². The first-order chi connectivity index (χ1) is 10.2. The van der Waals surface area contributed by atoms with Crippen LogP contribution in [0.4, 0.5) is 0 Å². The molecule has 0 amide bonds. The minimum absolute atomic E-state index is 0.560. The van der Waals surface area contributed by atoms with Crippen molar-refractivity contribution in [3.63, 3.8) is 0 Å². The summed E-state index contributed by atoms with van der Waals surface area (Å²) in [6.07, 6.45) is 8.96. The standard InChI is InChI=1S/C18H27N3/c1-13-9-16-18(10-14(13)2)21(12-20-16)11-17(19-3)15-7-5-4-6-8-15/h9-10,12,15,17,19H,4-8,11H2,1-3H3. The molecular formula is C18H27N3. The highest BCUT2D eigenvalue weighted by Crippen LogP contribution is 2.28. The molecule has 1 aliphatic carbocycles. The Balaban J connectivity index is 1.84. The van der Waals surface area contributed by atoms with E-state index < -0.39 is 0 Å². The van der Waals surface area contributed by atoms with Crippen molar-refractivity contribution in [1.29, 1.82) is 0 Å². The minimum atomic E-state index is 0.560. The molecule has 1 unspecified atom stereocenters. The molecule has 1 heterocycles. The van der Waals surface area contributed by atoms with Gasteiger partial charge in [-0.3, -0.25) is 0 Å². The molecule has 3 nitrogen and oxygen atoms in total. The number of nitrogens with zero attached hydrogens (tertiary/aromatic N) is 2. The number of benzene rings is 1. The summed E-state index contributed by atoms with van der Waals surface area (Å²) in [5.74, 6) is 0.813. The van der Waals surface area contributed by atoms with Gasteiger partial charge in [-0.05, 0) is 62.9 Å². The maximum Gasteiger partial charge on any atom is 0.0958 e. The fourth-order valence-electron chi connectivity index (χ4n) is 3.68. The minimum Gasteiger partial charge on any atom is -0.329 e. The number of rotatable bonds is 4. The normalized spacial score (nSPS) is 18.2. The Morgan fingerprint density at radius 3 is 2.62 bits per heavy atom. The Morgan fingerprint density at radius 1 is 1.19 bits per heavy atom. The molecule has 3 heteroatoms. The molecule has 21 heavy (non-hydrogen) atoms. The number of likely N-dealkylation sites (N-methyl/N-ethyl adjacent to an activating group) is 1. The molecule has 1 fully saturated rings. The predicted octanol–water partition coefficient (Wildman–Crippen LogP) is 3.82. The third-order valence-electron chi connectivity index (χ3n) is 5.22. The molecule has 0 bridgehead atoms. The number of aryl methyl sites for hydroxylation is 2. The number of aromatic nitrogens is 2. The average Bonchev–Trinajstić information content (AvgIpc) is 2.88. The molecule has 1 saturated carbocycles. The molecule has 0 radical (unpaired) electrons. The van der Waals surface area contributed by atoms with Crippen molar-refractivity contribution in [3.8, 4) is 0 Å². The zero-order chi connectivity index (χ0) is 14.8. The number of imidazole rings is 1. The highest BCUT2D eigenvalue weighted by atomic mass is 15.1. The lowest BCUT2D eigenvalue weighted by Gasteiger charge is -2.30. The molecule has 1 atom stereocenters. The third kappa shape index (κ3) is 2.98. The number of hydrogen-bond acceptors (Lipinski definition) is 2. The molecule has 0 spiro atoms. The summed E-state index contributed by atoms with van der Waals surface area (Å²) >= 11 is 0. The molecule has 1 aromatic heterocycles. The predicted molar refractivity (Wildman–Crippen MR) is 88.6 cm³/mol. The molecular weight excluding hydrogens is 258 g/mol. The van der Waals surface area contributed by atoms with Gasteiger partial charge in [0, 0.05) is 12.6 Å². The van der Waals surface area contributed by atoms with Crippen molar-refractivity contribution in [3.05, 3.63) is 29.6 Å². The average molecular weight is 285 g/mol. The van der Waals surface area contributed by atoms with Crippen LogP contribution in [0.25, 0.3) is 11.0 Å². The zero-order valence-electron chi connectivity index (χ0n) is 13.5. The lowest BCUT2D eigenvalue weighted by atomic mass is 9.84. The van der Waals surface area contributed by atoms with Crippen molar-refractivity contribution >= 4 is 11.0 Å². The van der Waals surface area contributed by atoms with Crippen LogP contribution in [0.2, 0.25) is 0 Å². The molecule has 114 valence electrons. The lowest BCUT2D eigenvalue weighted by Crippen LogP contribution is -2.38. The van der Waals surface area contributed by atoms with Crippen LogP contribution in [0.1, 0.15) is 43.2 Å². The van der Waals surface area contributed by atoms with E-state index in [1.54, 1.807) is 0 Å². The van der Waals surface area contributed by atoms with Crippen molar-refractivity contribution < 1.29 is 0 Å². The largest absolute Gasteiger partial charge is 0.329 e. The summed E-state index contributed by atoms with van der Waals surface area (Å²) in [6, 6.07) is 5.05. The van der Waals surface area contributed by atoms with Gasteiger partial charge in [-0.15, -0.1) is 0 Å². The van der Waals surface area contributed by atoms with Crippen LogP contribution in [-0.2, 0) is 6.54 Å². The summed E-state index contributed by atoms with van der Waals surface area (Å²) in [4.78, 5) is 4.59. The first-order valence-corrected chi connectivity index (χ1v) is 8.28. The second kappa shape index (κ2) is 6.18. The monoisotopic (exact) mass is 285 g/mol. The maximum absolute atomic E-state index is 4.59. The third-order valence-corrected chi connectivity index (χ3v) is 5.22. The van der Waals surface area contributed by atoms with Crippen molar-refractivity contribution in [2.75, 3.05) is 7.05 Å². The SMILES string of the molecule is CNC(Cn1cnc2cc(C)c(C)cc21)C1CCCCC1. The van der Waals surface area contributed by atoms with Gasteiger partial charge in [0.15, 0.2) is 0 Å². The van der Waals surface area contributed by atoms with Gasteiger partial charge in [-0.25, -0.2) is 4.98 Å². The first kappa shape index (κ1) is 14.6. The van der Waals surface area contributed by atoms with Crippen molar-refractivity contribution in [2.45, 2.75) is 58.5 Å². The van der Waals surface area contributed by atoms with Crippen LogP contribution in [0.5, 0.6) is 0 Å². The summed E-state index contributed by atoms with van der Waals surface area (Å²) < 4.78 is 2.33. The molecule has 3 rings (SSSR count). The van der Waals surface area contributed by atoms with Crippen LogP contribution in [0.3, 0.4) is 0 Å². The van der Waals surface area contributed by atoms with Gasteiger partial charge < -0.3 is 9.88 Å². The van der Waals surface area contributed by atoms with Crippen molar-refractivity contribution in [1.82, 2.24) is 14.9 Å². The summed E-state index contributed by atoms with van der Waals surface area (Å²) in [6.45, 7) is 5.37. The van der Waals surface area contributed by atoms with Gasteiger partial charge in [0.1, 0.15) is 0 Å². The van der Waals surface area contributed by atoms with E-state index in [1.165, 1.54) is 48.7 Å². The van der Waals surface area contributed by atoms with Gasteiger partial charge in [0.25, 0.3) is 0 Å². The van der Waals surface area contributed by atoms with Gasteiger partial charge in [0.2, 0.25) is 0 Å². The van der Waals surface area contributed by atoms with E-state index >= 15 is 0 Å². The van der Waals surface area contributed by atoms with Crippen molar-refractivity contribution in [2.24, 2.45) is 5.92 Å². The molecule has 2 aromatic rings. The lowest BCUT2D eigenvalue weighted by molar-refractivity contribution is 0.259. The zero-order valence-corrected chi connectivity index (χ0v) is 13.5. The Labute approximate surface area is 127 Å². The fraction of sp³-hybridized carbons (Fsp3) is 0.611. The Hall–Kier alpha value is -1.35. The Kier molecular flexibility index (Phi) is 4.29. The Morgan fingerprint density at radius 2 is 1.90 bits per heavy atom. The van der Waals surface area contributed by atoms with Gasteiger partial charge in [0.05, 0.1) is 17.4 Å². The molecule has 0 saturated heterocycles. The van der Waals surface area contributed by atoms with E-state index in [1.807, 2.05) is 6.33 Å². The van der Waals surface area contributed by atoms with E-state index in [9.17, 15) is 0 Å². The second-order valence-corrected chi connectivity index (χ2v) is 6.62. The highest BCUT2D eigenvalue weighted by molar-refractivity contribution is 5.77. The van der Waals surface area contributed by atoms with E-state index in [0.717, 1.165) is 18.0 Å². The number of fused-ring (bicyclic) bond motifs is 1. The smallest absolute Gasteiger partial charge is 0.0958 e. The summed E-state index contributed by atoms with van der Waals surface area (Å²) in [5.41, 5.74) is 5.07. The fourth-order valence-corrected chi connectivity index (χ4v) is 3.68. The van der Waals surface area contributed by atoms with Crippen LogP contribution < -0.4 is 5.32 Å². The van der Waals surface area contributed by atoms with Gasteiger partial charge in [-0.2, -0.15) is 0 Å². The van der Waals surface area contributed by atoms with E-state index in [0.29, 0.717) is 6.04 Å². The van der Waals surface area contributed by atoms with Crippen LogP contribution in [0.15, 0.2) is 18.5 Å². The summed E-state index contributed by atoms with van der Waals surface area (Å²) in [7, 11) is 2.10. The van der Waals surface area contributed by atoms with Crippen LogP contribution in [0, 0.1) is 19.8 Å². The molecule has 1 aromatic carbocycles. The van der Waals surface area contributed by atoms with E-state index in [-0.39, 0.29) is 0 Å². The molecule has 1 N–H and O–H groups in total. The first-order valence-electron chi connectivity index (χ1n) is 8.28. The Bertz CT molecular complexity index is 608. The number of hydrogen-bond donors (Lipinski definition) is 1. The van der Waals surface area contributed by atoms with Gasteiger partial charge in [-0.1, -0.05) is 19.3 Å². The highest BCUT2D eigenvalue weighted by Gasteiger charge is 2.23. The molecule has 0 aliphatic heterocycles.